The molecule has 0 spiro atoms. The van der Waals surface area contributed by atoms with Gasteiger partial charge < -0.3 is 0 Å². The molecule has 2 saturated carbocycles. The third kappa shape index (κ3) is 3.62. The van der Waals surface area contributed by atoms with Crippen LogP contribution in [0.4, 0.5) is 13.2 Å². The van der Waals surface area contributed by atoms with Crippen LogP contribution in [-0.4, -0.2) is 6.18 Å². The van der Waals surface area contributed by atoms with Gasteiger partial charge in [-0.15, -0.1) is 0 Å². The third-order valence-corrected chi connectivity index (χ3v) is 4.80. The highest BCUT2D eigenvalue weighted by atomic mass is 19.4. The molecular formula is C14H23F3. The second-order valence-electron chi connectivity index (χ2n) is 5.90. The summed E-state index contributed by atoms with van der Waals surface area (Å²) in [4.78, 5) is 0. The van der Waals surface area contributed by atoms with Crippen molar-refractivity contribution in [1.82, 2.24) is 0 Å². The molecule has 2 fully saturated rings. The van der Waals surface area contributed by atoms with Gasteiger partial charge in [0.15, 0.2) is 0 Å². The van der Waals surface area contributed by atoms with E-state index in [1.54, 1.807) is 0 Å². The first kappa shape index (κ1) is 13.2. The van der Waals surface area contributed by atoms with Gasteiger partial charge >= 0.3 is 6.18 Å². The van der Waals surface area contributed by atoms with Crippen LogP contribution in [-0.2, 0) is 0 Å². The zero-order valence-corrected chi connectivity index (χ0v) is 10.4. The summed E-state index contributed by atoms with van der Waals surface area (Å²) >= 11 is 0. The lowest BCUT2D eigenvalue weighted by molar-refractivity contribution is -0.184. The summed E-state index contributed by atoms with van der Waals surface area (Å²) in [6, 6.07) is 0. The molecule has 0 N–H and O–H groups in total. The maximum absolute atomic E-state index is 12.6. The zero-order valence-electron chi connectivity index (χ0n) is 10.4. The predicted molar refractivity (Wildman–Crippen MR) is 62.7 cm³/mol. The minimum atomic E-state index is -3.95. The molecule has 0 heterocycles. The van der Waals surface area contributed by atoms with Crippen LogP contribution in [0.2, 0.25) is 0 Å². The molecule has 0 unspecified atom stereocenters. The first-order valence-corrected chi connectivity index (χ1v) is 7.14. The summed E-state index contributed by atoms with van der Waals surface area (Å²) in [7, 11) is 0. The highest BCUT2D eigenvalue weighted by molar-refractivity contribution is 4.81. The summed E-state index contributed by atoms with van der Waals surface area (Å²) < 4.78 is 37.7. The summed E-state index contributed by atoms with van der Waals surface area (Å²) in [5, 5.41) is 0. The van der Waals surface area contributed by atoms with Crippen molar-refractivity contribution in [1.29, 1.82) is 0 Å². The van der Waals surface area contributed by atoms with Crippen LogP contribution >= 0.6 is 0 Å². The Hall–Kier alpha value is -0.210. The maximum atomic E-state index is 12.6. The fourth-order valence-electron chi connectivity index (χ4n) is 3.70. The van der Waals surface area contributed by atoms with Gasteiger partial charge in [-0.1, -0.05) is 38.5 Å². The first-order chi connectivity index (χ1) is 8.07. The molecule has 2 rings (SSSR count). The van der Waals surface area contributed by atoms with Crippen molar-refractivity contribution in [3.8, 4) is 0 Å². The lowest BCUT2D eigenvalue weighted by Gasteiger charge is -2.34. The molecule has 0 nitrogen and oxygen atoms in total. The monoisotopic (exact) mass is 248 g/mol. The SMILES string of the molecule is FC(F)(F)C1CCC(C2CCCCCC2)CC1. The van der Waals surface area contributed by atoms with Crippen LogP contribution in [0.5, 0.6) is 0 Å². The molecule has 3 heteroatoms. The minimum Gasteiger partial charge on any atom is -0.171 e. The Bertz CT molecular complexity index is 218. The normalized spacial score (nSPS) is 33.4. The van der Waals surface area contributed by atoms with E-state index in [9.17, 15) is 13.2 Å². The van der Waals surface area contributed by atoms with Crippen molar-refractivity contribution in [2.75, 3.05) is 0 Å². The Morgan fingerprint density at radius 1 is 0.588 bits per heavy atom. The standard InChI is InChI=1S/C14H23F3/c15-14(16,17)13-9-7-12(8-10-13)11-5-3-1-2-4-6-11/h11-13H,1-10H2. The average Bonchev–Trinajstić information content (AvgIpc) is 2.56. The summed E-state index contributed by atoms with van der Waals surface area (Å²) in [5.74, 6) is 0.308. The highest BCUT2D eigenvalue weighted by Gasteiger charge is 2.42. The molecule has 17 heavy (non-hydrogen) atoms. The Morgan fingerprint density at radius 3 is 1.53 bits per heavy atom. The number of halogens is 3. The van der Waals surface area contributed by atoms with Crippen LogP contribution in [0.15, 0.2) is 0 Å². The number of alkyl halides is 3. The van der Waals surface area contributed by atoms with Crippen molar-refractivity contribution in [3.63, 3.8) is 0 Å². The second kappa shape index (κ2) is 5.62. The molecule has 0 saturated heterocycles. The topological polar surface area (TPSA) is 0 Å². The van der Waals surface area contributed by atoms with E-state index in [1.165, 1.54) is 38.5 Å². The molecule has 0 aromatic carbocycles. The molecular weight excluding hydrogens is 225 g/mol. The number of hydrogen-bond acceptors (Lipinski definition) is 0. The van der Waals surface area contributed by atoms with Gasteiger partial charge in [-0.2, -0.15) is 13.2 Å². The molecule has 0 amide bonds. The van der Waals surface area contributed by atoms with Crippen LogP contribution in [0.3, 0.4) is 0 Å². The maximum Gasteiger partial charge on any atom is 0.391 e. The van der Waals surface area contributed by atoms with E-state index in [4.69, 9.17) is 0 Å². The fourth-order valence-corrected chi connectivity index (χ4v) is 3.70. The Balaban J connectivity index is 1.81. The van der Waals surface area contributed by atoms with Gasteiger partial charge in [0.25, 0.3) is 0 Å². The Labute approximate surface area is 102 Å². The van der Waals surface area contributed by atoms with E-state index in [1.807, 2.05) is 0 Å². The fraction of sp³-hybridized carbons (Fsp3) is 1.00. The summed E-state index contributed by atoms with van der Waals surface area (Å²) in [5.41, 5.74) is 0. The smallest absolute Gasteiger partial charge is 0.171 e. The van der Waals surface area contributed by atoms with Gasteiger partial charge in [-0.05, 0) is 37.5 Å². The third-order valence-electron chi connectivity index (χ3n) is 4.80. The molecule has 100 valence electrons. The van der Waals surface area contributed by atoms with E-state index in [0.29, 0.717) is 18.8 Å². The van der Waals surface area contributed by atoms with Crippen LogP contribution in [0, 0.1) is 17.8 Å². The van der Waals surface area contributed by atoms with E-state index in [2.05, 4.69) is 0 Å². The number of hydrogen-bond donors (Lipinski definition) is 0. The van der Waals surface area contributed by atoms with E-state index < -0.39 is 12.1 Å². The lowest BCUT2D eigenvalue weighted by atomic mass is 9.73. The van der Waals surface area contributed by atoms with Crippen molar-refractivity contribution < 1.29 is 13.2 Å². The lowest BCUT2D eigenvalue weighted by Crippen LogP contribution is -2.30. The molecule has 0 radical (unpaired) electrons. The van der Waals surface area contributed by atoms with Crippen molar-refractivity contribution in [2.45, 2.75) is 70.4 Å². The van der Waals surface area contributed by atoms with Crippen LogP contribution < -0.4 is 0 Å². The number of rotatable bonds is 1. The van der Waals surface area contributed by atoms with E-state index >= 15 is 0 Å². The molecule has 0 aromatic heterocycles. The van der Waals surface area contributed by atoms with Gasteiger partial charge in [-0.25, -0.2) is 0 Å². The molecule has 2 aliphatic carbocycles. The summed E-state index contributed by atoms with van der Waals surface area (Å²) in [6.07, 6.45) is 6.21. The van der Waals surface area contributed by atoms with E-state index in [-0.39, 0.29) is 0 Å². The Kier molecular flexibility index (Phi) is 4.37. The van der Waals surface area contributed by atoms with Crippen molar-refractivity contribution >= 4 is 0 Å². The Morgan fingerprint density at radius 2 is 1.06 bits per heavy atom. The van der Waals surface area contributed by atoms with Gasteiger partial charge in [0.2, 0.25) is 0 Å². The van der Waals surface area contributed by atoms with Gasteiger partial charge in [-0.3, -0.25) is 0 Å². The largest absolute Gasteiger partial charge is 0.391 e. The summed E-state index contributed by atoms with van der Waals surface area (Å²) in [6.45, 7) is 0. The van der Waals surface area contributed by atoms with Gasteiger partial charge in [0, 0.05) is 0 Å². The zero-order chi connectivity index (χ0) is 12.3. The van der Waals surface area contributed by atoms with Crippen molar-refractivity contribution in [3.05, 3.63) is 0 Å². The molecule has 0 bridgehead atoms. The first-order valence-electron chi connectivity index (χ1n) is 7.14. The van der Waals surface area contributed by atoms with Gasteiger partial charge in [0.1, 0.15) is 0 Å². The van der Waals surface area contributed by atoms with E-state index in [0.717, 1.165) is 18.8 Å². The molecule has 0 aliphatic heterocycles. The molecule has 2 aliphatic rings. The quantitative estimate of drug-likeness (QED) is 0.550. The van der Waals surface area contributed by atoms with Crippen LogP contribution in [0.25, 0.3) is 0 Å². The second-order valence-corrected chi connectivity index (χ2v) is 5.90. The van der Waals surface area contributed by atoms with Gasteiger partial charge in [0.05, 0.1) is 5.92 Å². The van der Waals surface area contributed by atoms with Crippen molar-refractivity contribution in [2.24, 2.45) is 17.8 Å². The highest BCUT2D eigenvalue weighted by Crippen LogP contribution is 2.44. The predicted octanol–water partition coefficient (Wildman–Crippen LogP) is 5.33. The molecule has 0 atom stereocenters. The average molecular weight is 248 g/mol. The molecule has 0 aromatic rings. The minimum absolute atomic E-state index is 0.380. The van der Waals surface area contributed by atoms with Crippen LogP contribution in [0.1, 0.15) is 64.2 Å².